The van der Waals surface area contributed by atoms with Crippen LogP contribution in [0.4, 0.5) is 4.39 Å². The lowest BCUT2D eigenvalue weighted by Crippen LogP contribution is -2.48. The van der Waals surface area contributed by atoms with Crippen LogP contribution in [0.5, 0.6) is 0 Å². The van der Waals surface area contributed by atoms with Crippen LogP contribution in [0.15, 0.2) is 24.3 Å². The van der Waals surface area contributed by atoms with Crippen molar-refractivity contribution in [3.8, 4) is 0 Å². The van der Waals surface area contributed by atoms with Gasteiger partial charge < -0.3 is 10.6 Å². The maximum atomic E-state index is 13.5. The molecular weight excluding hydrogens is 231 g/mol. The van der Waals surface area contributed by atoms with Crippen LogP contribution < -0.4 is 5.73 Å². The molecule has 18 heavy (non-hydrogen) atoms. The van der Waals surface area contributed by atoms with Crippen LogP contribution in [0.2, 0.25) is 0 Å². The smallest absolute Gasteiger partial charge is 0.240 e. The van der Waals surface area contributed by atoms with Gasteiger partial charge in [-0.1, -0.05) is 39.0 Å². The molecule has 0 aromatic heterocycles. The lowest BCUT2D eigenvalue weighted by atomic mass is 9.86. The Balaban J connectivity index is 2.75. The quantitative estimate of drug-likeness (QED) is 0.896. The molecule has 0 spiro atoms. The summed E-state index contributed by atoms with van der Waals surface area (Å²) < 4.78 is 13.5. The van der Waals surface area contributed by atoms with E-state index in [1.807, 2.05) is 20.8 Å². The lowest BCUT2D eigenvalue weighted by molar-refractivity contribution is -0.134. The monoisotopic (exact) mass is 252 g/mol. The number of carbonyl (C=O) groups is 1. The van der Waals surface area contributed by atoms with Crippen molar-refractivity contribution >= 4 is 5.91 Å². The van der Waals surface area contributed by atoms with Crippen molar-refractivity contribution in [2.45, 2.75) is 33.4 Å². The van der Waals surface area contributed by atoms with E-state index in [1.165, 1.54) is 11.0 Å². The lowest BCUT2D eigenvalue weighted by Gasteiger charge is -2.30. The molecule has 0 fully saturated rings. The van der Waals surface area contributed by atoms with E-state index in [-0.39, 0.29) is 23.7 Å². The largest absolute Gasteiger partial charge is 0.340 e. The number of nitrogens with zero attached hydrogens (tertiary/aromatic N) is 1. The normalized spacial score (nSPS) is 13.2. The number of halogens is 1. The molecule has 0 aliphatic rings. The second-order valence-electron chi connectivity index (χ2n) is 5.63. The second kappa shape index (κ2) is 5.48. The molecule has 4 heteroatoms. The topological polar surface area (TPSA) is 46.3 Å². The van der Waals surface area contributed by atoms with Crippen molar-refractivity contribution in [2.24, 2.45) is 11.1 Å². The van der Waals surface area contributed by atoms with E-state index < -0.39 is 6.04 Å². The number of rotatable bonds is 3. The molecule has 2 N–H and O–H groups in total. The van der Waals surface area contributed by atoms with E-state index in [2.05, 4.69) is 0 Å². The first-order valence-corrected chi connectivity index (χ1v) is 5.97. The van der Waals surface area contributed by atoms with Gasteiger partial charge in [0.05, 0.1) is 6.04 Å². The van der Waals surface area contributed by atoms with Crippen molar-refractivity contribution in [3.05, 3.63) is 35.6 Å². The first kappa shape index (κ1) is 14.6. The van der Waals surface area contributed by atoms with Crippen LogP contribution in [-0.2, 0) is 11.3 Å². The molecule has 0 aliphatic carbocycles. The second-order valence-corrected chi connectivity index (χ2v) is 5.63. The average molecular weight is 252 g/mol. The van der Waals surface area contributed by atoms with Crippen LogP contribution in [0.3, 0.4) is 0 Å². The highest BCUT2D eigenvalue weighted by Gasteiger charge is 2.29. The van der Waals surface area contributed by atoms with Crippen molar-refractivity contribution < 1.29 is 9.18 Å². The Morgan fingerprint density at radius 3 is 2.44 bits per heavy atom. The van der Waals surface area contributed by atoms with Gasteiger partial charge in [-0.25, -0.2) is 4.39 Å². The number of amides is 1. The highest BCUT2D eigenvalue weighted by atomic mass is 19.1. The standard InChI is InChI=1S/C14H21FN2O/c1-14(2,3)12(16)13(18)17(4)9-10-7-5-6-8-11(10)15/h5-8,12H,9,16H2,1-4H3. The van der Waals surface area contributed by atoms with Gasteiger partial charge in [0.2, 0.25) is 5.91 Å². The van der Waals surface area contributed by atoms with Gasteiger partial charge in [-0.2, -0.15) is 0 Å². The predicted octanol–water partition coefficient (Wildman–Crippen LogP) is 2.16. The van der Waals surface area contributed by atoms with Crippen LogP contribution in [-0.4, -0.2) is 23.9 Å². The van der Waals surface area contributed by atoms with E-state index in [4.69, 9.17) is 5.73 Å². The molecule has 0 aliphatic heterocycles. The summed E-state index contributed by atoms with van der Waals surface area (Å²) in [6.07, 6.45) is 0. The van der Waals surface area contributed by atoms with E-state index in [0.717, 1.165) is 0 Å². The van der Waals surface area contributed by atoms with E-state index >= 15 is 0 Å². The molecule has 1 rings (SSSR count). The Morgan fingerprint density at radius 1 is 1.39 bits per heavy atom. The third-order valence-corrected chi connectivity index (χ3v) is 2.94. The minimum Gasteiger partial charge on any atom is -0.340 e. The van der Waals surface area contributed by atoms with Crippen molar-refractivity contribution in [1.29, 1.82) is 0 Å². The van der Waals surface area contributed by atoms with Gasteiger partial charge >= 0.3 is 0 Å². The molecule has 1 atom stereocenters. The molecule has 0 saturated carbocycles. The molecule has 100 valence electrons. The summed E-state index contributed by atoms with van der Waals surface area (Å²) >= 11 is 0. The van der Waals surface area contributed by atoms with Gasteiger partial charge in [-0.3, -0.25) is 4.79 Å². The number of hydrogen-bond donors (Lipinski definition) is 1. The first-order valence-electron chi connectivity index (χ1n) is 5.97. The third kappa shape index (κ3) is 3.53. The summed E-state index contributed by atoms with van der Waals surface area (Å²) in [5.74, 6) is -0.479. The SMILES string of the molecule is CN(Cc1ccccc1F)C(=O)C(N)C(C)(C)C. The highest BCUT2D eigenvalue weighted by molar-refractivity contribution is 5.82. The van der Waals surface area contributed by atoms with Gasteiger partial charge in [-0.05, 0) is 11.5 Å². The molecule has 1 amide bonds. The fourth-order valence-corrected chi connectivity index (χ4v) is 1.57. The number of hydrogen-bond acceptors (Lipinski definition) is 2. The predicted molar refractivity (Wildman–Crippen MR) is 70.3 cm³/mol. The molecule has 1 aromatic rings. The van der Waals surface area contributed by atoms with Crippen LogP contribution in [0, 0.1) is 11.2 Å². The molecule has 0 heterocycles. The third-order valence-electron chi connectivity index (χ3n) is 2.94. The van der Waals surface area contributed by atoms with E-state index in [9.17, 15) is 9.18 Å². The zero-order valence-corrected chi connectivity index (χ0v) is 11.4. The minimum absolute atomic E-state index is 0.175. The number of likely N-dealkylation sites (N-methyl/N-ethyl adjacent to an activating group) is 1. The van der Waals surface area contributed by atoms with Crippen LogP contribution >= 0.6 is 0 Å². The highest BCUT2D eigenvalue weighted by Crippen LogP contribution is 2.19. The Labute approximate surface area is 108 Å². The van der Waals surface area contributed by atoms with Gasteiger partial charge in [0.25, 0.3) is 0 Å². The van der Waals surface area contributed by atoms with E-state index in [0.29, 0.717) is 5.56 Å². The fourth-order valence-electron chi connectivity index (χ4n) is 1.57. The van der Waals surface area contributed by atoms with Crippen molar-refractivity contribution in [1.82, 2.24) is 4.90 Å². The van der Waals surface area contributed by atoms with Crippen molar-refractivity contribution in [3.63, 3.8) is 0 Å². The van der Waals surface area contributed by atoms with Crippen LogP contribution in [0.25, 0.3) is 0 Å². The van der Waals surface area contributed by atoms with Gasteiger partial charge in [0.1, 0.15) is 5.82 Å². The molecule has 1 aromatic carbocycles. The fraction of sp³-hybridized carbons (Fsp3) is 0.500. The van der Waals surface area contributed by atoms with Crippen LogP contribution in [0.1, 0.15) is 26.3 Å². The van der Waals surface area contributed by atoms with Gasteiger partial charge in [0.15, 0.2) is 0 Å². The van der Waals surface area contributed by atoms with Gasteiger partial charge in [0, 0.05) is 19.2 Å². The zero-order chi connectivity index (χ0) is 13.9. The summed E-state index contributed by atoms with van der Waals surface area (Å²) in [6.45, 7) is 5.96. The maximum absolute atomic E-state index is 13.5. The summed E-state index contributed by atoms with van der Waals surface area (Å²) in [5, 5.41) is 0. The summed E-state index contributed by atoms with van der Waals surface area (Å²) in [4.78, 5) is 13.6. The Hall–Kier alpha value is -1.42. The number of carbonyl (C=O) groups excluding carboxylic acids is 1. The molecular formula is C14H21FN2O. The Kier molecular flexibility index (Phi) is 4.46. The average Bonchev–Trinajstić information content (AvgIpc) is 2.29. The Bertz CT molecular complexity index is 426. The van der Waals surface area contributed by atoms with E-state index in [1.54, 1.807) is 25.2 Å². The molecule has 0 bridgehead atoms. The Morgan fingerprint density at radius 2 is 1.94 bits per heavy atom. The molecule has 0 radical (unpaired) electrons. The first-order chi connectivity index (χ1) is 8.23. The molecule has 1 unspecified atom stereocenters. The maximum Gasteiger partial charge on any atom is 0.240 e. The number of nitrogens with two attached hydrogens (primary N) is 1. The molecule has 3 nitrogen and oxygen atoms in total. The van der Waals surface area contributed by atoms with Gasteiger partial charge in [-0.15, -0.1) is 0 Å². The minimum atomic E-state index is -0.589. The molecule has 0 saturated heterocycles. The van der Waals surface area contributed by atoms with Crippen molar-refractivity contribution in [2.75, 3.05) is 7.05 Å². The zero-order valence-electron chi connectivity index (χ0n) is 11.4. The number of benzene rings is 1. The summed E-state index contributed by atoms with van der Waals surface area (Å²) in [7, 11) is 1.64. The summed E-state index contributed by atoms with van der Waals surface area (Å²) in [6, 6.07) is 5.84. The summed E-state index contributed by atoms with van der Waals surface area (Å²) in [5.41, 5.74) is 6.09.